The Bertz CT molecular complexity index is 469. The summed E-state index contributed by atoms with van der Waals surface area (Å²) in [7, 11) is 3.26. The summed E-state index contributed by atoms with van der Waals surface area (Å²) in [6.45, 7) is 3.83. The normalized spacial score (nSPS) is 17.9. The second kappa shape index (κ2) is 8.02. The van der Waals surface area contributed by atoms with Crippen molar-refractivity contribution in [2.24, 2.45) is 0 Å². The number of morpholine rings is 1. The van der Waals surface area contributed by atoms with Crippen molar-refractivity contribution < 1.29 is 19.3 Å². The average Bonchev–Trinajstić information content (AvgIpc) is 2.53. The number of methoxy groups -OCH3 is 2. The molecular weight excluding hydrogens is 270 g/mol. The highest BCUT2D eigenvalue weighted by molar-refractivity contribution is 5.60. The lowest BCUT2D eigenvalue weighted by atomic mass is 10.1. The number of aliphatic hydroxyl groups is 1. The van der Waals surface area contributed by atoms with Crippen molar-refractivity contribution in [3.63, 3.8) is 0 Å². The molecule has 1 atom stereocenters. The minimum absolute atomic E-state index is 0.515. The first-order valence-electron chi connectivity index (χ1n) is 7.11. The van der Waals surface area contributed by atoms with Gasteiger partial charge in [0.25, 0.3) is 0 Å². The van der Waals surface area contributed by atoms with Crippen LogP contribution >= 0.6 is 0 Å². The molecule has 2 rings (SSSR count). The SMILES string of the molecule is COc1ccc(OC)c(/C=C\C(O)CN2CCOCC2)c1. The van der Waals surface area contributed by atoms with Gasteiger partial charge in [0.15, 0.2) is 0 Å². The van der Waals surface area contributed by atoms with E-state index in [9.17, 15) is 5.11 Å². The summed E-state index contributed by atoms with van der Waals surface area (Å²) in [5.74, 6) is 1.52. The van der Waals surface area contributed by atoms with E-state index in [1.165, 1.54) is 0 Å². The lowest BCUT2D eigenvalue weighted by Crippen LogP contribution is -2.40. The quantitative estimate of drug-likeness (QED) is 0.859. The molecule has 0 spiro atoms. The molecule has 5 heteroatoms. The lowest BCUT2D eigenvalue weighted by Gasteiger charge is -2.27. The molecule has 1 aromatic rings. The molecule has 1 unspecified atom stereocenters. The Morgan fingerprint density at radius 3 is 2.71 bits per heavy atom. The molecular formula is C16H23NO4. The maximum atomic E-state index is 10.1. The van der Waals surface area contributed by atoms with Gasteiger partial charge in [0, 0.05) is 25.2 Å². The topological polar surface area (TPSA) is 51.2 Å². The van der Waals surface area contributed by atoms with Crippen molar-refractivity contribution in [3.8, 4) is 11.5 Å². The van der Waals surface area contributed by atoms with E-state index in [1.54, 1.807) is 20.3 Å². The van der Waals surface area contributed by atoms with Crippen molar-refractivity contribution in [3.05, 3.63) is 29.8 Å². The number of ether oxygens (including phenoxy) is 3. The van der Waals surface area contributed by atoms with Crippen LogP contribution in [-0.4, -0.2) is 63.2 Å². The zero-order valence-corrected chi connectivity index (χ0v) is 12.6. The second-order valence-electron chi connectivity index (χ2n) is 4.95. The van der Waals surface area contributed by atoms with Crippen molar-refractivity contribution in [1.29, 1.82) is 0 Å². The molecule has 1 N–H and O–H groups in total. The minimum Gasteiger partial charge on any atom is -0.497 e. The summed E-state index contributed by atoms with van der Waals surface area (Å²) in [6.07, 6.45) is 3.14. The Kier molecular flexibility index (Phi) is 6.04. The van der Waals surface area contributed by atoms with E-state index in [0.29, 0.717) is 6.54 Å². The average molecular weight is 293 g/mol. The first kappa shape index (κ1) is 15.8. The van der Waals surface area contributed by atoms with Crippen molar-refractivity contribution in [2.75, 3.05) is 47.1 Å². The van der Waals surface area contributed by atoms with Gasteiger partial charge >= 0.3 is 0 Å². The maximum Gasteiger partial charge on any atom is 0.126 e. The fourth-order valence-electron chi connectivity index (χ4n) is 2.29. The van der Waals surface area contributed by atoms with E-state index in [1.807, 2.05) is 24.3 Å². The summed E-state index contributed by atoms with van der Waals surface area (Å²) in [6, 6.07) is 5.59. The molecule has 0 aromatic heterocycles. The molecule has 21 heavy (non-hydrogen) atoms. The van der Waals surface area contributed by atoms with Crippen LogP contribution in [0.15, 0.2) is 24.3 Å². The Morgan fingerprint density at radius 2 is 2.05 bits per heavy atom. The molecule has 1 heterocycles. The summed E-state index contributed by atoms with van der Waals surface area (Å²) in [4.78, 5) is 2.20. The van der Waals surface area contributed by atoms with Gasteiger partial charge in [-0.2, -0.15) is 0 Å². The molecule has 1 aromatic carbocycles. The maximum absolute atomic E-state index is 10.1. The Morgan fingerprint density at radius 1 is 1.29 bits per heavy atom. The van der Waals surface area contributed by atoms with Gasteiger partial charge in [-0.3, -0.25) is 4.90 Å². The van der Waals surface area contributed by atoms with Gasteiger partial charge in [-0.15, -0.1) is 0 Å². The van der Waals surface area contributed by atoms with E-state index in [-0.39, 0.29) is 0 Å². The van der Waals surface area contributed by atoms with Gasteiger partial charge in [-0.1, -0.05) is 12.2 Å². The standard InChI is InChI=1S/C16H23NO4/c1-19-15-5-6-16(20-2)13(11-15)3-4-14(18)12-17-7-9-21-10-8-17/h3-6,11,14,18H,7-10,12H2,1-2H3/b4-3-. The second-order valence-corrected chi connectivity index (χ2v) is 4.95. The highest BCUT2D eigenvalue weighted by Crippen LogP contribution is 2.25. The molecule has 116 valence electrons. The molecule has 0 aliphatic carbocycles. The molecule has 0 bridgehead atoms. The highest BCUT2D eigenvalue weighted by atomic mass is 16.5. The number of nitrogens with zero attached hydrogens (tertiary/aromatic N) is 1. The molecule has 1 saturated heterocycles. The van der Waals surface area contributed by atoms with Crippen molar-refractivity contribution in [1.82, 2.24) is 4.90 Å². The number of aliphatic hydroxyl groups excluding tert-OH is 1. The Labute approximate surface area is 125 Å². The summed E-state index contributed by atoms with van der Waals surface area (Å²) < 4.78 is 15.8. The van der Waals surface area contributed by atoms with Gasteiger partial charge in [-0.25, -0.2) is 0 Å². The van der Waals surface area contributed by atoms with E-state index < -0.39 is 6.10 Å². The van der Waals surface area contributed by atoms with E-state index in [4.69, 9.17) is 14.2 Å². The van der Waals surface area contributed by atoms with Crippen molar-refractivity contribution in [2.45, 2.75) is 6.10 Å². The van der Waals surface area contributed by atoms with Crippen LogP contribution in [0.2, 0.25) is 0 Å². The summed E-state index contributed by atoms with van der Waals surface area (Å²) >= 11 is 0. The smallest absolute Gasteiger partial charge is 0.126 e. The number of rotatable bonds is 6. The van der Waals surface area contributed by atoms with Crippen LogP contribution < -0.4 is 9.47 Å². The molecule has 5 nitrogen and oxygen atoms in total. The van der Waals surface area contributed by atoms with Crippen LogP contribution in [-0.2, 0) is 4.74 Å². The van der Waals surface area contributed by atoms with Crippen LogP contribution in [0.5, 0.6) is 11.5 Å². The molecule has 1 fully saturated rings. The van der Waals surface area contributed by atoms with Crippen LogP contribution in [0.25, 0.3) is 6.08 Å². The molecule has 0 radical (unpaired) electrons. The highest BCUT2D eigenvalue weighted by Gasteiger charge is 2.13. The van der Waals surface area contributed by atoms with E-state index in [2.05, 4.69) is 4.90 Å². The Balaban J connectivity index is 1.98. The van der Waals surface area contributed by atoms with Gasteiger partial charge < -0.3 is 19.3 Å². The van der Waals surface area contributed by atoms with Crippen molar-refractivity contribution >= 4 is 6.08 Å². The number of hydrogen-bond donors (Lipinski definition) is 1. The van der Waals surface area contributed by atoms with Gasteiger partial charge in [0.1, 0.15) is 11.5 Å². The molecule has 1 aliphatic rings. The molecule has 0 saturated carbocycles. The van der Waals surface area contributed by atoms with Crippen LogP contribution in [0.1, 0.15) is 5.56 Å². The zero-order chi connectivity index (χ0) is 15.1. The van der Waals surface area contributed by atoms with E-state index >= 15 is 0 Å². The minimum atomic E-state index is -0.515. The van der Waals surface area contributed by atoms with Gasteiger partial charge in [-0.05, 0) is 18.2 Å². The predicted octanol–water partition coefficient (Wildman–Crippen LogP) is 1.41. The molecule has 0 amide bonds. The van der Waals surface area contributed by atoms with E-state index in [0.717, 1.165) is 43.4 Å². The third-order valence-electron chi connectivity index (χ3n) is 3.48. The monoisotopic (exact) mass is 293 g/mol. The van der Waals surface area contributed by atoms with Crippen LogP contribution in [0.4, 0.5) is 0 Å². The van der Waals surface area contributed by atoms with Crippen LogP contribution in [0.3, 0.4) is 0 Å². The first-order valence-corrected chi connectivity index (χ1v) is 7.11. The predicted molar refractivity (Wildman–Crippen MR) is 81.8 cm³/mol. The van der Waals surface area contributed by atoms with Gasteiger partial charge in [0.2, 0.25) is 0 Å². The van der Waals surface area contributed by atoms with Crippen LogP contribution in [0, 0.1) is 0 Å². The third-order valence-corrected chi connectivity index (χ3v) is 3.48. The third kappa shape index (κ3) is 4.74. The first-order chi connectivity index (χ1) is 10.2. The fraction of sp³-hybridized carbons (Fsp3) is 0.500. The summed E-state index contributed by atoms with van der Waals surface area (Å²) in [5, 5.41) is 10.1. The Hall–Kier alpha value is -1.56. The lowest BCUT2D eigenvalue weighted by molar-refractivity contribution is 0.0223. The largest absolute Gasteiger partial charge is 0.497 e. The molecule has 1 aliphatic heterocycles. The number of benzene rings is 1. The van der Waals surface area contributed by atoms with Gasteiger partial charge in [0.05, 0.1) is 33.5 Å². The number of β-amino-alcohol motifs (C(OH)–C–C–N with tert-alkyl or cyclic N) is 1. The summed E-state index contributed by atoms with van der Waals surface area (Å²) in [5.41, 5.74) is 0.887. The number of hydrogen-bond acceptors (Lipinski definition) is 5. The zero-order valence-electron chi connectivity index (χ0n) is 12.6. The fourth-order valence-corrected chi connectivity index (χ4v) is 2.29.